The lowest BCUT2D eigenvalue weighted by atomic mass is 10.2. The fraction of sp³-hybridized carbons (Fsp3) is 0.500. The van der Waals surface area contributed by atoms with E-state index in [1.165, 1.54) is 12.8 Å². The predicted octanol–water partition coefficient (Wildman–Crippen LogP) is 1.23. The molecule has 0 unspecified atom stereocenters. The minimum atomic E-state index is 0.900. The molecule has 0 aliphatic heterocycles. The monoisotopic (exact) mass is 133 g/mol. The highest BCUT2D eigenvalue weighted by Crippen LogP contribution is 2.31. The zero-order valence-corrected chi connectivity index (χ0v) is 5.75. The summed E-state index contributed by atoms with van der Waals surface area (Å²) in [5.74, 6) is 0.900. The third-order valence-electron chi connectivity index (χ3n) is 1.77. The predicted molar refractivity (Wildman–Crippen MR) is 37.3 cm³/mol. The van der Waals surface area contributed by atoms with Crippen molar-refractivity contribution in [1.29, 1.82) is 0 Å². The first kappa shape index (κ1) is 5.83. The van der Waals surface area contributed by atoms with Gasteiger partial charge in [0.25, 0.3) is 0 Å². The molecule has 1 aliphatic carbocycles. The Morgan fingerprint density at radius 3 is 3.10 bits per heavy atom. The first-order valence-corrected chi connectivity index (χ1v) is 3.62. The minimum absolute atomic E-state index is 0.900. The normalized spacial score (nSPS) is 17.2. The second kappa shape index (κ2) is 2.37. The summed E-state index contributed by atoms with van der Waals surface area (Å²) in [5, 5.41) is 0. The molecule has 0 spiro atoms. The highest BCUT2D eigenvalue weighted by molar-refractivity contribution is 4.98. The molecule has 0 saturated heterocycles. The van der Waals surface area contributed by atoms with Crippen LogP contribution in [0.15, 0.2) is 12.4 Å². The van der Waals surface area contributed by atoms with Crippen molar-refractivity contribution in [2.45, 2.75) is 19.3 Å². The van der Waals surface area contributed by atoms with Gasteiger partial charge in [0, 0.05) is 6.20 Å². The highest BCUT2D eigenvalue weighted by Gasteiger charge is 2.21. The maximum absolute atomic E-state index is 4.14. The Kier molecular flexibility index (Phi) is 1.38. The lowest BCUT2D eigenvalue weighted by Gasteiger charge is -1.93. The van der Waals surface area contributed by atoms with Crippen LogP contribution in [-0.4, -0.2) is 9.97 Å². The van der Waals surface area contributed by atoms with E-state index in [4.69, 9.17) is 0 Å². The minimum Gasteiger partial charge on any atom is -0.257 e. The molecule has 0 bridgehead atoms. The molecular formula is C8H9N2. The van der Waals surface area contributed by atoms with Gasteiger partial charge in [0.05, 0.1) is 11.9 Å². The highest BCUT2D eigenvalue weighted by atomic mass is 14.8. The van der Waals surface area contributed by atoms with E-state index in [-0.39, 0.29) is 0 Å². The Morgan fingerprint density at radius 1 is 1.60 bits per heavy atom. The van der Waals surface area contributed by atoms with Gasteiger partial charge in [0.1, 0.15) is 6.20 Å². The summed E-state index contributed by atoms with van der Waals surface area (Å²) in [4.78, 5) is 8.02. The molecule has 51 valence electrons. The van der Waals surface area contributed by atoms with E-state index in [2.05, 4.69) is 16.2 Å². The van der Waals surface area contributed by atoms with E-state index in [1.807, 2.05) is 0 Å². The topological polar surface area (TPSA) is 25.8 Å². The zero-order valence-electron chi connectivity index (χ0n) is 5.75. The molecule has 1 saturated carbocycles. The summed E-state index contributed by atoms with van der Waals surface area (Å²) < 4.78 is 0. The van der Waals surface area contributed by atoms with Gasteiger partial charge in [0.15, 0.2) is 0 Å². The number of nitrogens with zero attached hydrogens (tertiary/aromatic N) is 2. The quantitative estimate of drug-likeness (QED) is 0.606. The van der Waals surface area contributed by atoms with Crippen LogP contribution < -0.4 is 0 Å². The molecule has 1 aliphatic rings. The molecule has 2 rings (SSSR count). The van der Waals surface area contributed by atoms with Crippen molar-refractivity contribution in [2.75, 3.05) is 0 Å². The lowest BCUT2D eigenvalue weighted by Crippen LogP contribution is -1.91. The largest absolute Gasteiger partial charge is 0.257 e. The molecule has 0 N–H and O–H groups in total. The van der Waals surface area contributed by atoms with Crippen LogP contribution in [0.1, 0.15) is 18.5 Å². The fourth-order valence-electron chi connectivity index (χ4n) is 1.01. The van der Waals surface area contributed by atoms with Crippen molar-refractivity contribution in [1.82, 2.24) is 9.97 Å². The van der Waals surface area contributed by atoms with Gasteiger partial charge in [-0.3, -0.25) is 9.97 Å². The van der Waals surface area contributed by atoms with Gasteiger partial charge in [-0.15, -0.1) is 0 Å². The molecule has 0 amide bonds. The number of aromatic nitrogens is 2. The summed E-state index contributed by atoms with van der Waals surface area (Å²) in [5.41, 5.74) is 1.11. The molecule has 1 heterocycles. The molecule has 2 nitrogen and oxygen atoms in total. The van der Waals surface area contributed by atoms with Crippen LogP contribution in [0.3, 0.4) is 0 Å². The second-order valence-corrected chi connectivity index (χ2v) is 2.78. The van der Waals surface area contributed by atoms with E-state index >= 15 is 0 Å². The Bertz CT molecular complexity index is 204. The molecule has 0 atom stereocenters. The molecule has 1 radical (unpaired) electrons. The Labute approximate surface area is 60.3 Å². The molecule has 1 fully saturated rings. The summed E-state index contributed by atoms with van der Waals surface area (Å²) in [6.45, 7) is 0. The average Bonchev–Trinajstić information content (AvgIpc) is 2.74. The van der Waals surface area contributed by atoms with Crippen LogP contribution >= 0.6 is 0 Å². The number of rotatable bonds is 2. The maximum atomic E-state index is 4.14. The second-order valence-electron chi connectivity index (χ2n) is 2.78. The SMILES string of the molecule is [c]1cnc(CC2CC2)cn1. The first-order valence-electron chi connectivity index (χ1n) is 3.62. The van der Waals surface area contributed by atoms with Crippen molar-refractivity contribution >= 4 is 0 Å². The van der Waals surface area contributed by atoms with Crippen LogP contribution in [0.5, 0.6) is 0 Å². The third kappa shape index (κ3) is 1.32. The van der Waals surface area contributed by atoms with Crippen LogP contribution in [0, 0.1) is 12.1 Å². The zero-order chi connectivity index (χ0) is 6.81. The molecular weight excluding hydrogens is 124 g/mol. The summed E-state index contributed by atoms with van der Waals surface area (Å²) in [6, 6.07) is 0. The molecule has 1 aromatic rings. The van der Waals surface area contributed by atoms with Gasteiger partial charge >= 0.3 is 0 Å². The summed E-state index contributed by atoms with van der Waals surface area (Å²) in [6.07, 6.45) is 9.97. The van der Waals surface area contributed by atoms with Gasteiger partial charge in [0.2, 0.25) is 0 Å². The smallest absolute Gasteiger partial charge is 0.108 e. The van der Waals surface area contributed by atoms with E-state index in [9.17, 15) is 0 Å². The van der Waals surface area contributed by atoms with E-state index in [0.29, 0.717) is 0 Å². The molecule has 0 aromatic carbocycles. The Hall–Kier alpha value is -0.920. The lowest BCUT2D eigenvalue weighted by molar-refractivity contribution is 0.796. The van der Waals surface area contributed by atoms with E-state index in [0.717, 1.165) is 18.0 Å². The van der Waals surface area contributed by atoms with Gasteiger partial charge in [-0.2, -0.15) is 0 Å². The van der Waals surface area contributed by atoms with Crippen molar-refractivity contribution in [3.8, 4) is 0 Å². The van der Waals surface area contributed by atoms with E-state index < -0.39 is 0 Å². The van der Waals surface area contributed by atoms with Crippen molar-refractivity contribution < 1.29 is 0 Å². The van der Waals surface area contributed by atoms with Crippen molar-refractivity contribution in [2.24, 2.45) is 5.92 Å². The number of hydrogen-bond donors (Lipinski definition) is 0. The summed E-state index contributed by atoms with van der Waals surface area (Å²) in [7, 11) is 0. The standard InChI is InChI=1S/C8H9N2/c1-2-7(1)5-8-6-9-3-4-10-8/h4,6-7H,1-2,5H2. The van der Waals surface area contributed by atoms with Crippen LogP contribution in [-0.2, 0) is 6.42 Å². The average molecular weight is 133 g/mol. The van der Waals surface area contributed by atoms with Crippen LogP contribution in [0.4, 0.5) is 0 Å². The molecule has 10 heavy (non-hydrogen) atoms. The van der Waals surface area contributed by atoms with Crippen molar-refractivity contribution in [3.63, 3.8) is 0 Å². The Morgan fingerprint density at radius 2 is 2.50 bits per heavy atom. The maximum Gasteiger partial charge on any atom is 0.108 e. The Balaban J connectivity index is 2.03. The van der Waals surface area contributed by atoms with Crippen LogP contribution in [0.2, 0.25) is 0 Å². The van der Waals surface area contributed by atoms with E-state index in [1.54, 1.807) is 12.4 Å². The summed E-state index contributed by atoms with van der Waals surface area (Å²) >= 11 is 0. The van der Waals surface area contributed by atoms with Gasteiger partial charge in [-0.25, -0.2) is 0 Å². The molecule has 1 aromatic heterocycles. The van der Waals surface area contributed by atoms with Gasteiger partial charge in [-0.1, -0.05) is 0 Å². The van der Waals surface area contributed by atoms with Crippen molar-refractivity contribution in [3.05, 3.63) is 24.3 Å². The first-order chi connectivity index (χ1) is 4.95. The van der Waals surface area contributed by atoms with Gasteiger partial charge in [-0.05, 0) is 25.2 Å². The molecule has 2 heteroatoms. The fourth-order valence-corrected chi connectivity index (χ4v) is 1.01. The third-order valence-corrected chi connectivity index (χ3v) is 1.77. The van der Waals surface area contributed by atoms with Crippen LogP contribution in [0.25, 0.3) is 0 Å². The number of hydrogen-bond acceptors (Lipinski definition) is 2. The van der Waals surface area contributed by atoms with Gasteiger partial charge < -0.3 is 0 Å².